The molecular weight excluding hydrogens is 294 g/mol. The molecule has 5 heteroatoms. The number of hydrogen-bond acceptors (Lipinski definition) is 2. The number of fused-ring (bicyclic) bond motifs is 1. The molecule has 18 heavy (non-hydrogen) atoms. The summed E-state index contributed by atoms with van der Waals surface area (Å²) in [5.74, 6) is -0.111. The van der Waals surface area contributed by atoms with Gasteiger partial charge in [0, 0.05) is 23.8 Å². The van der Waals surface area contributed by atoms with Crippen molar-refractivity contribution in [2.24, 2.45) is 7.05 Å². The highest BCUT2D eigenvalue weighted by Crippen LogP contribution is 2.17. The van der Waals surface area contributed by atoms with Gasteiger partial charge >= 0.3 is 0 Å². The Balaban J connectivity index is 2.28. The molecule has 96 valence electrons. The number of benzene rings is 1. The summed E-state index contributed by atoms with van der Waals surface area (Å²) in [6, 6.07) is 7.88. The van der Waals surface area contributed by atoms with Crippen LogP contribution in [0.1, 0.15) is 23.8 Å². The molecule has 0 bridgehead atoms. The van der Waals surface area contributed by atoms with Crippen LogP contribution < -0.4 is 5.32 Å². The average Bonchev–Trinajstić information content (AvgIpc) is 2.68. The van der Waals surface area contributed by atoms with Crippen molar-refractivity contribution in [1.29, 1.82) is 0 Å². The molecule has 2 aromatic rings. The number of aryl methyl sites for hydroxylation is 1. The number of carbonyl (C=O) groups excluding carboxylic acids is 1. The lowest BCUT2D eigenvalue weighted by Crippen LogP contribution is -2.33. The van der Waals surface area contributed by atoms with E-state index in [-0.39, 0.29) is 11.9 Å². The largest absolute Gasteiger partial charge is 0.348 e. The number of aromatic nitrogens is 2. The summed E-state index contributed by atoms with van der Waals surface area (Å²) in [4.78, 5) is 12.2. The van der Waals surface area contributed by atoms with E-state index in [2.05, 4.69) is 26.3 Å². The van der Waals surface area contributed by atoms with E-state index in [1.165, 1.54) is 0 Å². The lowest BCUT2D eigenvalue weighted by molar-refractivity contribution is 0.0935. The second kappa shape index (κ2) is 5.52. The summed E-state index contributed by atoms with van der Waals surface area (Å²) in [7, 11) is 1.85. The molecule has 1 atom stereocenters. The number of nitrogens with one attached hydrogen (secondary N) is 1. The molecule has 0 aliphatic heterocycles. The van der Waals surface area contributed by atoms with Crippen LogP contribution in [0.3, 0.4) is 0 Å². The number of amides is 1. The smallest absolute Gasteiger partial charge is 0.272 e. The van der Waals surface area contributed by atoms with E-state index in [1.807, 2.05) is 38.2 Å². The normalized spacial score (nSPS) is 12.6. The minimum atomic E-state index is -0.111. The first-order valence-corrected chi connectivity index (χ1v) is 7.04. The highest BCUT2D eigenvalue weighted by atomic mass is 79.9. The fourth-order valence-corrected chi connectivity index (χ4v) is 2.60. The summed E-state index contributed by atoms with van der Waals surface area (Å²) in [5, 5.41) is 9.02. The molecule has 0 saturated carbocycles. The molecule has 1 heterocycles. The predicted octanol–water partition coefficient (Wildman–Crippen LogP) is 2.48. The van der Waals surface area contributed by atoms with Crippen molar-refractivity contribution < 1.29 is 4.79 Å². The van der Waals surface area contributed by atoms with Crippen LogP contribution in [0.25, 0.3) is 10.9 Å². The Morgan fingerprint density at radius 1 is 1.50 bits per heavy atom. The number of rotatable bonds is 4. The minimum Gasteiger partial charge on any atom is -0.348 e. The molecular formula is C13H16BrN3O. The lowest BCUT2D eigenvalue weighted by atomic mass is 10.2. The van der Waals surface area contributed by atoms with Gasteiger partial charge in [0.25, 0.3) is 5.91 Å². The Bertz CT molecular complexity index is 564. The van der Waals surface area contributed by atoms with Crippen LogP contribution in [0, 0.1) is 0 Å². The standard InChI is InChI=1S/C13H16BrN3O/c1-9(7-8-14)15-13(18)12-10-5-3-4-6-11(10)17(2)16-12/h3-6,9H,7-8H2,1-2H3,(H,15,18). The van der Waals surface area contributed by atoms with Gasteiger partial charge in [-0.2, -0.15) is 5.10 Å². The van der Waals surface area contributed by atoms with Gasteiger partial charge in [0.15, 0.2) is 5.69 Å². The van der Waals surface area contributed by atoms with Crippen molar-refractivity contribution in [3.63, 3.8) is 0 Å². The van der Waals surface area contributed by atoms with Crippen molar-refractivity contribution in [3.05, 3.63) is 30.0 Å². The highest BCUT2D eigenvalue weighted by molar-refractivity contribution is 9.09. The van der Waals surface area contributed by atoms with Crippen LogP contribution in [-0.4, -0.2) is 27.1 Å². The molecule has 1 unspecified atom stereocenters. The van der Waals surface area contributed by atoms with E-state index in [0.717, 1.165) is 22.7 Å². The third-order valence-electron chi connectivity index (χ3n) is 2.89. The SMILES string of the molecule is CC(CCBr)NC(=O)c1nn(C)c2ccccc12. The van der Waals surface area contributed by atoms with E-state index in [9.17, 15) is 4.79 Å². The van der Waals surface area contributed by atoms with Gasteiger partial charge in [0.1, 0.15) is 0 Å². The molecule has 0 saturated heterocycles. The van der Waals surface area contributed by atoms with Gasteiger partial charge in [-0.15, -0.1) is 0 Å². The Morgan fingerprint density at radius 2 is 2.22 bits per heavy atom. The van der Waals surface area contributed by atoms with Gasteiger partial charge < -0.3 is 5.32 Å². The Kier molecular flexibility index (Phi) is 4.01. The van der Waals surface area contributed by atoms with Gasteiger partial charge in [0.2, 0.25) is 0 Å². The number of para-hydroxylation sites is 1. The molecule has 1 amide bonds. The molecule has 0 spiro atoms. The van der Waals surface area contributed by atoms with Crippen molar-refractivity contribution in [2.75, 3.05) is 5.33 Å². The van der Waals surface area contributed by atoms with Crippen LogP contribution >= 0.6 is 15.9 Å². The van der Waals surface area contributed by atoms with E-state index in [0.29, 0.717) is 5.69 Å². The summed E-state index contributed by atoms with van der Waals surface area (Å²) < 4.78 is 1.74. The summed E-state index contributed by atoms with van der Waals surface area (Å²) in [6.45, 7) is 1.99. The predicted molar refractivity (Wildman–Crippen MR) is 76.1 cm³/mol. The van der Waals surface area contributed by atoms with Crippen molar-refractivity contribution in [3.8, 4) is 0 Å². The van der Waals surface area contributed by atoms with Gasteiger partial charge in [-0.05, 0) is 19.4 Å². The number of hydrogen-bond donors (Lipinski definition) is 1. The van der Waals surface area contributed by atoms with Crippen molar-refractivity contribution >= 4 is 32.7 Å². The Morgan fingerprint density at radius 3 is 2.94 bits per heavy atom. The molecule has 0 fully saturated rings. The van der Waals surface area contributed by atoms with Crippen molar-refractivity contribution in [2.45, 2.75) is 19.4 Å². The first-order valence-electron chi connectivity index (χ1n) is 5.92. The molecule has 0 aliphatic rings. The average molecular weight is 310 g/mol. The van der Waals surface area contributed by atoms with E-state index in [4.69, 9.17) is 0 Å². The van der Waals surface area contributed by atoms with Crippen LogP contribution in [0.15, 0.2) is 24.3 Å². The van der Waals surface area contributed by atoms with Crippen LogP contribution in [0.2, 0.25) is 0 Å². The summed E-state index contributed by atoms with van der Waals surface area (Å²) >= 11 is 3.37. The van der Waals surface area contributed by atoms with E-state index >= 15 is 0 Å². The van der Waals surface area contributed by atoms with Crippen molar-refractivity contribution in [1.82, 2.24) is 15.1 Å². The quantitative estimate of drug-likeness (QED) is 0.882. The summed E-state index contributed by atoms with van der Waals surface area (Å²) in [5.41, 5.74) is 1.46. The van der Waals surface area contributed by atoms with Crippen LogP contribution in [0.4, 0.5) is 0 Å². The molecule has 1 N–H and O–H groups in total. The Hall–Kier alpha value is -1.36. The highest BCUT2D eigenvalue weighted by Gasteiger charge is 2.16. The Labute approximate surface area is 114 Å². The second-order valence-corrected chi connectivity index (χ2v) is 5.13. The first kappa shape index (κ1) is 13.1. The third kappa shape index (κ3) is 2.56. The molecule has 0 aliphatic carbocycles. The number of alkyl halides is 1. The van der Waals surface area contributed by atoms with Gasteiger partial charge in [-0.25, -0.2) is 0 Å². The number of carbonyl (C=O) groups is 1. The maximum absolute atomic E-state index is 12.2. The molecule has 1 aromatic heterocycles. The van der Waals surface area contributed by atoms with Crippen LogP contribution in [-0.2, 0) is 7.05 Å². The molecule has 2 rings (SSSR count). The topological polar surface area (TPSA) is 46.9 Å². The fourth-order valence-electron chi connectivity index (χ4n) is 1.91. The third-order valence-corrected chi connectivity index (χ3v) is 3.35. The molecule has 0 radical (unpaired) electrons. The lowest BCUT2D eigenvalue weighted by Gasteiger charge is -2.10. The minimum absolute atomic E-state index is 0.111. The summed E-state index contributed by atoms with van der Waals surface area (Å²) in [6.07, 6.45) is 0.899. The monoisotopic (exact) mass is 309 g/mol. The molecule has 1 aromatic carbocycles. The fraction of sp³-hybridized carbons (Fsp3) is 0.385. The zero-order chi connectivity index (χ0) is 13.1. The van der Waals surface area contributed by atoms with Crippen LogP contribution in [0.5, 0.6) is 0 Å². The van der Waals surface area contributed by atoms with E-state index < -0.39 is 0 Å². The van der Waals surface area contributed by atoms with E-state index in [1.54, 1.807) is 4.68 Å². The van der Waals surface area contributed by atoms with Gasteiger partial charge in [0.05, 0.1) is 5.52 Å². The van der Waals surface area contributed by atoms with Gasteiger partial charge in [-0.1, -0.05) is 34.1 Å². The number of nitrogens with zero attached hydrogens (tertiary/aromatic N) is 2. The first-order chi connectivity index (χ1) is 8.63. The maximum atomic E-state index is 12.2. The molecule has 4 nitrogen and oxygen atoms in total. The van der Waals surface area contributed by atoms with Gasteiger partial charge in [-0.3, -0.25) is 9.48 Å². The zero-order valence-electron chi connectivity index (χ0n) is 10.5. The second-order valence-electron chi connectivity index (χ2n) is 4.34. The maximum Gasteiger partial charge on any atom is 0.272 e. The zero-order valence-corrected chi connectivity index (χ0v) is 12.1. The number of halogens is 1.